The van der Waals surface area contributed by atoms with Crippen molar-refractivity contribution < 1.29 is 9.59 Å². The number of aryl methyl sites for hydroxylation is 1. The number of hydrogen-bond acceptors (Lipinski definition) is 3. The Morgan fingerprint density at radius 2 is 1.69 bits per heavy atom. The third-order valence-corrected chi connectivity index (χ3v) is 8.71. The predicted octanol–water partition coefficient (Wildman–Crippen LogP) is 7.62. The van der Waals surface area contributed by atoms with Crippen LogP contribution in [0.2, 0.25) is 10.0 Å². The van der Waals surface area contributed by atoms with E-state index in [1.807, 2.05) is 61.5 Å². The van der Waals surface area contributed by atoms with Crippen LogP contribution >= 0.6 is 35.0 Å². The lowest BCUT2D eigenvalue weighted by Gasteiger charge is -2.33. The first-order chi connectivity index (χ1) is 18.9. The molecule has 0 aliphatic heterocycles. The molecule has 3 aromatic rings. The SMILES string of the molecule is Cc1cccc(CN(C(=O)CSCc2ccc(Cl)cc2Cl)C(Cc2ccccc2)C(=O)NC2CCCCC2)c1. The standard InChI is InChI=1S/C32H36Cl2N2O2S/c1-23-9-8-12-25(17-23)20-36(31(37)22-39-21-26-15-16-27(33)19-29(26)34)30(18-24-10-4-2-5-11-24)32(38)35-28-13-6-3-7-14-28/h2,4-5,8-12,15-17,19,28,30H,3,6-7,13-14,18,20-22H2,1H3,(H,35,38). The maximum absolute atomic E-state index is 13.9. The lowest BCUT2D eigenvalue weighted by atomic mass is 9.94. The first-order valence-electron chi connectivity index (χ1n) is 13.6. The second kappa shape index (κ2) is 14.8. The van der Waals surface area contributed by atoms with Gasteiger partial charge in [0.1, 0.15) is 6.04 Å². The minimum atomic E-state index is -0.609. The van der Waals surface area contributed by atoms with Gasteiger partial charge in [-0.05, 0) is 48.6 Å². The molecule has 0 aromatic heterocycles. The molecule has 0 saturated heterocycles. The van der Waals surface area contributed by atoms with Crippen LogP contribution in [0.1, 0.15) is 54.4 Å². The van der Waals surface area contributed by atoms with E-state index in [1.165, 1.54) is 18.2 Å². The fourth-order valence-electron chi connectivity index (χ4n) is 5.08. The topological polar surface area (TPSA) is 49.4 Å². The maximum atomic E-state index is 13.9. The summed E-state index contributed by atoms with van der Waals surface area (Å²) in [7, 11) is 0. The molecule has 1 aliphatic carbocycles. The van der Waals surface area contributed by atoms with E-state index in [9.17, 15) is 9.59 Å². The molecule has 39 heavy (non-hydrogen) atoms. The first kappa shape index (κ1) is 29.5. The van der Waals surface area contributed by atoms with Gasteiger partial charge in [0, 0.05) is 34.8 Å². The van der Waals surface area contributed by atoms with Crippen molar-refractivity contribution in [2.24, 2.45) is 0 Å². The average molecular weight is 584 g/mol. The van der Waals surface area contributed by atoms with E-state index >= 15 is 0 Å². The van der Waals surface area contributed by atoms with E-state index in [0.717, 1.165) is 47.9 Å². The van der Waals surface area contributed by atoms with Crippen LogP contribution in [0, 0.1) is 6.92 Å². The van der Waals surface area contributed by atoms with Crippen molar-refractivity contribution in [3.63, 3.8) is 0 Å². The number of hydrogen-bond donors (Lipinski definition) is 1. The number of amides is 2. The molecule has 1 aliphatic rings. The predicted molar refractivity (Wildman–Crippen MR) is 163 cm³/mol. The largest absolute Gasteiger partial charge is 0.352 e. The minimum Gasteiger partial charge on any atom is -0.352 e. The van der Waals surface area contributed by atoms with Crippen LogP contribution in [-0.4, -0.2) is 34.6 Å². The molecule has 3 aromatic carbocycles. The van der Waals surface area contributed by atoms with E-state index in [1.54, 1.807) is 17.0 Å². The number of halogens is 2. The quantitative estimate of drug-likeness (QED) is 0.253. The molecule has 0 bridgehead atoms. The van der Waals surface area contributed by atoms with Crippen LogP contribution in [0.4, 0.5) is 0 Å². The van der Waals surface area contributed by atoms with Crippen LogP contribution < -0.4 is 5.32 Å². The van der Waals surface area contributed by atoms with E-state index in [2.05, 4.69) is 11.4 Å². The monoisotopic (exact) mass is 582 g/mol. The van der Waals surface area contributed by atoms with Crippen molar-refractivity contribution in [2.45, 2.75) is 69.8 Å². The molecule has 206 valence electrons. The summed E-state index contributed by atoms with van der Waals surface area (Å²) in [6.07, 6.45) is 5.92. The van der Waals surface area contributed by atoms with Crippen molar-refractivity contribution in [1.82, 2.24) is 10.2 Å². The number of nitrogens with zero attached hydrogens (tertiary/aromatic N) is 1. The first-order valence-corrected chi connectivity index (χ1v) is 15.5. The van der Waals surface area contributed by atoms with Gasteiger partial charge in [-0.1, -0.05) is 109 Å². The van der Waals surface area contributed by atoms with Gasteiger partial charge in [0.2, 0.25) is 11.8 Å². The van der Waals surface area contributed by atoms with Crippen LogP contribution in [0.5, 0.6) is 0 Å². The molecule has 1 atom stereocenters. The smallest absolute Gasteiger partial charge is 0.243 e. The highest BCUT2D eigenvalue weighted by molar-refractivity contribution is 7.99. The molecule has 4 nitrogen and oxygen atoms in total. The van der Waals surface area contributed by atoms with Gasteiger partial charge in [0.05, 0.1) is 5.75 Å². The van der Waals surface area contributed by atoms with E-state index < -0.39 is 6.04 Å². The van der Waals surface area contributed by atoms with E-state index in [-0.39, 0.29) is 23.6 Å². The van der Waals surface area contributed by atoms with Gasteiger partial charge in [0.15, 0.2) is 0 Å². The Bertz CT molecular complexity index is 1250. The average Bonchev–Trinajstić information content (AvgIpc) is 2.93. The molecule has 0 radical (unpaired) electrons. The summed E-state index contributed by atoms with van der Waals surface area (Å²) in [6.45, 7) is 2.41. The van der Waals surface area contributed by atoms with Crippen LogP contribution in [0.3, 0.4) is 0 Å². The molecule has 1 N–H and O–H groups in total. The highest BCUT2D eigenvalue weighted by Crippen LogP contribution is 2.26. The van der Waals surface area contributed by atoms with Gasteiger partial charge < -0.3 is 10.2 Å². The Morgan fingerprint density at radius 1 is 0.949 bits per heavy atom. The van der Waals surface area contributed by atoms with Crippen LogP contribution in [-0.2, 0) is 28.3 Å². The number of carbonyl (C=O) groups is 2. The van der Waals surface area contributed by atoms with Crippen molar-refractivity contribution >= 4 is 46.8 Å². The zero-order valence-electron chi connectivity index (χ0n) is 22.4. The van der Waals surface area contributed by atoms with Crippen LogP contribution in [0.25, 0.3) is 0 Å². The van der Waals surface area contributed by atoms with E-state index in [0.29, 0.717) is 28.8 Å². The number of thioether (sulfide) groups is 1. The van der Waals surface area contributed by atoms with Gasteiger partial charge in [-0.2, -0.15) is 0 Å². The fourth-order valence-corrected chi connectivity index (χ4v) is 6.54. The number of benzene rings is 3. The van der Waals surface area contributed by atoms with Gasteiger partial charge in [-0.3, -0.25) is 9.59 Å². The Kier molecular flexibility index (Phi) is 11.2. The van der Waals surface area contributed by atoms with Gasteiger partial charge in [-0.15, -0.1) is 11.8 Å². The second-order valence-corrected chi connectivity index (χ2v) is 12.1. The zero-order chi connectivity index (χ0) is 27.6. The van der Waals surface area contributed by atoms with Gasteiger partial charge in [0.25, 0.3) is 0 Å². The second-order valence-electron chi connectivity index (χ2n) is 10.3. The number of rotatable bonds is 11. The summed E-state index contributed by atoms with van der Waals surface area (Å²) >= 11 is 13.9. The van der Waals surface area contributed by atoms with Crippen LogP contribution in [0.15, 0.2) is 72.8 Å². The summed E-state index contributed by atoms with van der Waals surface area (Å²) in [5, 5.41) is 4.47. The maximum Gasteiger partial charge on any atom is 0.243 e. The van der Waals surface area contributed by atoms with Gasteiger partial charge in [-0.25, -0.2) is 0 Å². The number of nitrogens with one attached hydrogen (secondary N) is 1. The summed E-state index contributed by atoms with van der Waals surface area (Å²) in [5.74, 6) is 0.688. The third kappa shape index (κ3) is 9.02. The molecule has 1 saturated carbocycles. The molecule has 1 fully saturated rings. The summed E-state index contributed by atoms with van der Waals surface area (Å²) in [6, 6.07) is 23.1. The fraction of sp³-hybridized carbons (Fsp3) is 0.375. The molecular weight excluding hydrogens is 547 g/mol. The molecule has 1 unspecified atom stereocenters. The normalized spacial score (nSPS) is 14.5. The Hall–Kier alpha value is -2.47. The van der Waals surface area contributed by atoms with E-state index in [4.69, 9.17) is 23.2 Å². The molecule has 7 heteroatoms. The van der Waals surface area contributed by atoms with Crippen molar-refractivity contribution in [1.29, 1.82) is 0 Å². The molecule has 0 spiro atoms. The molecule has 2 amide bonds. The lowest BCUT2D eigenvalue weighted by molar-refractivity contribution is -0.139. The zero-order valence-corrected chi connectivity index (χ0v) is 24.7. The Morgan fingerprint density at radius 3 is 2.41 bits per heavy atom. The highest BCUT2D eigenvalue weighted by Gasteiger charge is 2.31. The summed E-state index contributed by atoms with van der Waals surface area (Å²) in [4.78, 5) is 29.5. The third-order valence-electron chi connectivity index (χ3n) is 7.16. The van der Waals surface area contributed by atoms with Crippen molar-refractivity contribution in [3.8, 4) is 0 Å². The minimum absolute atomic E-state index is 0.0636. The Balaban J connectivity index is 1.57. The number of carbonyl (C=O) groups excluding carboxylic acids is 2. The molecular formula is C32H36Cl2N2O2S. The van der Waals surface area contributed by atoms with Gasteiger partial charge >= 0.3 is 0 Å². The highest BCUT2D eigenvalue weighted by atomic mass is 35.5. The van der Waals surface area contributed by atoms with Crippen molar-refractivity contribution in [3.05, 3.63) is 105 Å². The molecule has 4 rings (SSSR count). The molecule has 0 heterocycles. The lowest BCUT2D eigenvalue weighted by Crippen LogP contribution is -2.53. The van der Waals surface area contributed by atoms with Crippen molar-refractivity contribution in [2.75, 3.05) is 5.75 Å². The summed E-state index contributed by atoms with van der Waals surface area (Å²) < 4.78 is 0. The summed E-state index contributed by atoms with van der Waals surface area (Å²) in [5.41, 5.74) is 4.10. The Labute approximate surface area is 246 Å².